The summed E-state index contributed by atoms with van der Waals surface area (Å²) in [6.45, 7) is 4.48. The largest absolute Gasteiger partial charge is 0.444 e. The Morgan fingerprint density at radius 1 is 1.50 bits per heavy atom. The summed E-state index contributed by atoms with van der Waals surface area (Å²) in [6.07, 6.45) is 1.70. The van der Waals surface area contributed by atoms with E-state index in [1.807, 2.05) is 25.1 Å². The zero-order valence-electron chi connectivity index (χ0n) is 11.5. The van der Waals surface area contributed by atoms with Crippen LogP contribution in [0.4, 0.5) is 5.69 Å². The first kappa shape index (κ1) is 14.9. The molecule has 1 heterocycles. The Bertz CT molecular complexity index is 610. The lowest BCUT2D eigenvalue weighted by Crippen LogP contribution is -2.14. The molecule has 0 saturated carbocycles. The number of thioether (sulfide) groups is 1. The summed E-state index contributed by atoms with van der Waals surface area (Å²) < 4.78 is 5.44. The van der Waals surface area contributed by atoms with Crippen molar-refractivity contribution < 1.29 is 4.42 Å². The number of anilines is 1. The summed E-state index contributed by atoms with van der Waals surface area (Å²) in [5.74, 6) is 2.41. The van der Waals surface area contributed by atoms with Crippen LogP contribution in [0.3, 0.4) is 0 Å². The van der Waals surface area contributed by atoms with E-state index in [0.29, 0.717) is 17.4 Å². The normalized spacial score (nSPS) is 10.5. The average Bonchev–Trinajstić information content (AvgIpc) is 2.82. The maximum Gasteiger partial charge on any atom is 0.213 e. The monoisotopic (exact) mass is 307 g/mol. The predicted octanol–water partition coefficient (Wildman–Crippen LogP) is 3.34. The lowest BCUT2D eigenvalue weighted by atomic mass is 10.1. The summed E-state index contributed by atoms with van der Waals surface area (Å²) in [7, 11) is 0. The maximum atomic E-state index is 5.86. The van der Waals surface area contributed by atoms with Crippen LogP contribution >= 0.6 is 24.0 Å². The molecule has 20 heavy (non-hydrogen) atoms. The van der Waals surface area contributed by atoms with Crippen molar-refractivity contribution in [2.45, 2.75) is 25.3 Å². The van der Waals surface area contributed by atoms with Gasteiger partial charge < -0.3 is 15.5 Å². The second-order valence-electron chi connectivity index (χ2n) is 4.19. The van der Waals surface area contributed by atoms with Crippen molar-refractivity contribution in [3.63, 3.8) is 0 Å². The Hall–Kier alpha value is -1.53. The van der Waals surface area contributed by atoms with Crippen LogP contribution in [-0.4, -0.2) is 15.7 Å². The van der Waals surface area contributed by atoms with Gasteiger partial charge in [-0.1, -0.05) is 25.2 Å². The Morgan fingerprint density at radius 3 is 2.90 bits per heavy atom. The zero-order valence-corrected chi connectivity index (χ0v) is 13.1. The summed E-state index contributed by atoms with van der Waals surface area (Å²) in [6, 6.07) is 5.98. The molecule has 3 N–H and O–H groups in total. The fourth-order valence-electron chi connectivity index (χ4n) is 1.86. The minimum atomic E-state index is 0.396. The third-order valence-corrected chi connectivity index (χ3v) is 3.82. The smallest absolute Gasteiger partial charge is 0.213 e. The van der Waals surface area contributed by atoms with Gasteiger partial charge in [0, 0.05) is 16.1 Å². The highest BCUT2D eigenvalue weighted by atomic mass is 32.2. The zero-order chi connectivity index (χ0) is 14.5. The molecular formula is C14H17N3OS2. The molecule has 0 atom stereocenters. The van der Waals surface area contributed by atoms with Gasteiger partial charge in [0.2, 0.25) is 5.89 Å². The summed E-state index contributed by atoms with van der Waals surface area (Å²) in [4.78, 5) is 5.65. The maximum absolute atomic E-state index is 5.86. The molecule has 0 bridgehead atoms. The van der Waals surface area contributed by atoms with E-state index in [1.54, 1.807) is 18.0 Å². The van der Waals surface area contributed by atoms with E-state index in [2.05, 4.69) is 17.2 Å². The molecule has 0 aliphatic carbocycles. The van der Waals surface area contributed by atoms with Crippen molar-refractivity contribution in [3.05, 3.63) is 41.6 Å². The number of benzene rings is 1. The van der Waals surface area contributed by atoms with Crippen LogP contribution in [0.5, 0.6) is 0 Å². The molecule has 6 heteroatoms. The molecule has 0 saturated heterocycles. The Morgan fingerprint density at radius 2 is 2.30 bits per heavy atom. The molecule has 0 spiro atoms. The van der Waals surface area contributed by atoms with Gasteiger partial charge in [0.15, 0.2) is 0 Å². The van der Waals surface area contributed by atoms with Crippen LogP contribution in [0.15, 0.2) is 33.7 Å². The molecule has 2 aromatic rings. The second-order valence-corrected chi connectivity index (χ2v) is 5.94. The lowest BCUT2D eigenvalue weighted by Gasteiger charge is -2.13. The van der Waals surface area contributed by atoms with Gasteiger partial charge in [0.25, 0.3) is 0 Å². The van der Waals surface area contributed by atoms with Gasteiger partial charge in [0.1, 0.15) is 10.7 Å². The van der Waals surface area contributed by atoms with Crippen LogP contribution in [0.1, 0.15) is 24.1 Å². The number of hydrogen-bond acceptors (Lipinski definition) is 5. The predicted molar refractivity (Wildman–Crippen MR) is 87.3 cm³/mol. The van der Waals surface area contributed by atoms with Crippen molar-refractivity contribution in [1.29, 1.82) is 0 Å². The highest BCUT2D eigenvalue weighted by molar-refractivity contribution is 7.99. The van der Waals surface area contributed by atoms with Gasteiger partial charge in [0.05, 0.1) is 12.7 Å². The molecule has 0 aliphatic rings. The van der Waals surface area contributed by atoms with Crippen LogP contribution in [0.2, 0.25) is 0 Å². The minimum absolute atomic E-state index is 0.396. The third-order valence-electron chi connectivity index (χ3n) is 2.67. The van der Waals surface area contributed by atoms with Gasteiger partial charge in [-0.25, -0.2) is 4.98 Å². The molecule has 1 aromatic heterocycles. The van der Waals surface area contributed by atoms with E-state index in [9.17, 15) is 0 Å². The van der Waals surface area contributed by atoms with Crippen molar-refractivity contribution in [2.75, 3.05) is 11.1 Å². The molecule has 0 fully saturated rings. The van der Waals surface area contributed by atoms with Gasteiger partial charge in [-0.2, -0.15) is 0 Å². The topological polar surface area (TPSA) is 64.1 Å². The van der Waals surface area contributed by atoms with Gasteiger partial charge in [-0.05, 0) is 24.8 Å². The Labute approximate surface area is 128 Å². The Balaban J connectivity index is 2.22. The fourth-order valence-corrected chi connectivity index (χ4v) is 3.00. The summed E-state index contributed by atoms with van der Waals surface area (Å²) in [5.41, 5.74) is 7.65. The van der Waals surface area contributed by atoms with Crippen molar-refractivity contribution >= 4 is 34.7 Å². The number of oxazole rings is 1. The number of nitrogens with one attached hydrogen (secondary N) is 1. The van der Waals surface area contributed by atoms with Crippen molar-refractivity contribution in [3.8, 4) is 0 Å². The summed E-state index contributed by atoms with van der Waals surface area (Å²) >= 11 is 6.90. The highest BCUT2D eigenvalue weighted by Crippen LogP contribution is 2.28. The van der Waals surface area contributed by atoms with E-state index in [1.165, 1.54) is 0 Å². The van der Waals surface area contributed by atoms with E-state index in [4.69, 9.17) is 22.4 Å². The molecule has 106 valence electrons. The van der Waals surface area contributed by atoms with Crippen LogP contribution in [-0.2, 0) is 6.54 Å². The number of nitrogens with zero attached hydrogens (tertiary/aromatic N) is 1. The van der Waals surface area contributed by atoms with Crippen molar-refractivity contribution in [1.82, 2.24) is 4.98 Å². The van der Waals surface area contributed by atoms with Crippen LogP contribution < -0.4 is 11.1 Å². The lowest BCUT2D eigenvalue weighted by molar-refractivity contribution is 0.479. The van der Waals surface area contributed by atoms with Crippen molar-refractivity contribution in [2.24, 2.45) is 5.73 Å². The van der Waals surface area contributed by atoms with Gasteiger partial charge in [-0.15, -0.1) is 11.8 Å². The average molecular weight is 307 g/mol. The van der Waals surface area contributed by atoms with Crippen LogP contribution in [0, 0.1) is 6.92 Å². The minimum Gasteiger partial charge on any atom is -0.444 e. The number of nitrogens with two attached hydrogens (primary N) is 1. The van der Waals surface area contributed by atoms with Gasteiger partial charge in [-0.3, -0.25) is 0 Å². The first-order valence-corrected chi connectivity index (χ1v) is 7.72. The number of thiocarbonyl (C=S) groups is 1. The molecule has 0 amide bonds. The van der Waals surface area contributed by atoms with E-state index < -0.39 is 0 Å². The molecule has 0 aliphatic heterocycles. The Kier molecular flexibility index (Phi) is 5.03. The number of rotatable bonds is 6. The highest BCUT2D eigenvalue weighted by Gasteiger charge is 2.11. The number of aromatic nitrogens is 1. The molecule has 4 nitrogen and oxygen atoms in total. The van der Waals surface area contributed by atoms with Crippen LogP contribution in [0.25, 0.3) is 0 Å². The standard InChI is InChI=1S/C14H17N3OS2/c1-3-20-11-6-4-5-10(13(11)14(15)19)16-8-12-17-7-9(2)18-12/h4-7,16H,3,8H2,1-2H3,(H2,15,19). The van der Waals surface area contributed by atoms with E-state index in [0.717, 1.165) is 27.7 Å². The fraction of sp³-hybridized carbons (Fsp3) is 0.286. The number of aryl methyl sites for hydroxylation is 1. The first-order chi connectivity index (χ1) is 9.61. The molecule has 0 unspecified atom stereocenters. The molecule has 1 aromatic carbocycles. The molecular weight excluding hydrogens is 290 g/mol. The SMILES string of the molecule is CCSc1cccc(NCc2ncc(C)o2)c1C(N)=S. The third kappa shape index (κ3) is 3.52. The van der Waals surface area contributed by atoms with Gasteiger partial charge >= 0.3 is 0 Å². The molecule has 2 rings (SSSR count). The first-order valence-electron chi connectivity index (χ1n) is 6.32. The van der Waals surface area contributed by atoms with E-state index >= 15 is 0 Å². The summed E-state index contributed by atoms with van der Waals surface area (Å²) in [5, 5.41) is 3.29. The molecule has 0 radical (unpaired) electrons. The second kappa shape index (κ2) is 6.76. The van der Waals surface area contributed by atoms with E-state index in [-0.39, 0.29) is 0 Å². The quantitative estimate of drug-likeness (QED) is 0.630. The number of hydrogen-bond donors (Lipinski definition) is 2.